The van der Waals surface area contributed by atoms with Gasteiger partial charge in [-0.25, -0.2) is 0 Å². The summed E-state index contributed by atoms with van der Waals surface area (Å²) in [6, 6.07) is 12.7. The fourth-order valence-electron chi connectivity index (χ4n) is 3.94. The Balaban J connectivity index is 1.71. The standard InChI is InChI=1S/C22H32N4O/c1-3-11-19-16-20(25(2)24-19)22(27)23-17-21(18-12-7-6-8-13-18)26-14-9-4-5-10-15-26/h6-8,12-13,16,21H,3-5,9-11,14-15,17H2,1-2H3,(H,23,27). The van der Waals surface area contributed by atoms with Crippen LogP contribution >= 0.6 is 0 Å². The van der Waals surface area contributed by atoms with Crippen LogP contribution in [0.15, 0.2) is 36.4 Å². The number of amides is 1. The smallest absolute Gasteiger partial charge is 0.269 e. The first-order valence-corrected chi connectivity index (χ1v) is 10.3. The Bertz CT molecular complexity index is 717. The van der Waals surface area contributed by atoms with E-state index >= 15 is 0 Å². The number of rotatable bonds is 7. The Kier molecular flexibility index (Phi) is 7.04. The average molecular weight is 369 g/mol. The zero-order valence-corrected chi connectivity index (χ0v) is 16.7. The van der Waals surface area contributed by atoms with E-state index in [4.69, 9.17) is 0 Å². The van der Waals surface area contributed by atoms with Gasteiger partial charge in [-0.2, -0.15) is 5.10 Å². The summed E-state index contributed by atoms with van der Waals surface area (Å²) in [7, 11) is 1.84. The summed E-state index contributed by atoms with van der Waals surface area (Å²) in [5.41, 5.74) is 2.90. The van der Waals surface area contributed by atoms with E-state index < -0.39 is 0 Å². The van der Waals surface area contributed by atoms with Gasteiger partial charge in [-0.3, -0.25) is 14.4 Å². The summed E-state index contributed by atoms with van der Waals surface area (Å²) < 4.78 is 1.70. The van der Waals surface area contributed by atoms with E-state index in [0.29, 0.717) is 12.2 Å². The third-order valence-corrected chi connectivity index (χ3v) is 5.39. The quantitative estimate of drug-likeness (QED) is 0.810. The van der Waals surface area contributed by atoms with Crippen LogP contribution < -0.4 is 5.32 Å². The predicted molar refractivity (Wildman–Crippen MR) is 109 cm³/mol. The van der Waals surface area contributed by atoms with Crippen LogP contribution in [0.5, 0.6) is 0 Å². The molecule has 2 aromatic rings. The van der Waals surface area contributed by atoms with Gasteiger partial charge in [0.05, 0.1) is 11.7 Å². The molecule has 0 aliphatic carbocycles. The Morgan fingerprint density at radius 3 is 2.52 bits per heavy atom. The van der Waals surface area contributed by atoms with Crippen molar-refractivity contribution in [3.05, 3.63) is 53.3 Å². The topological polar surface area (TPSA) is 50.2 Å². The third kappa shape index (κ3) is 5.19. The highest BCUT2D eigenvalue weighted by Gasteiger charge is 2.23. The molecule has 0 bridgehead atoms. The number of benzene rings is 1. The van der Waals surface area contributed by atoms with Gasteiger partial charge < -0.3 is 5.32 Å². The van der Waals surface area contributed by atoms with E-state index in [1.54, 1.807) is 4.68 Å². The molecule has 1 atom stereocenters. The second-order valence-corrected chi connectivity index (χ2v) is 7.48. The Labute approximate surface area is 162 Å². The number of aryl methyl sites for hydroxylation is 2. The molecule has 0 saturated carbocycles. The van der Waals surface area contributed by atoms with Gasteiger partial charge in [0.25, 0.3) is 5.91 Å². The first-order chi connectivity index (χ1) is 13.2. The largest absolute Gasteiger partial charge is 0.349 e. The van der Waals surface area contributed by atoms with E-state index in [1.807, 2.05) is 19.2 Å². The maximum absolute atomic E-state index is 12.8. The number of nitrogens with zero attached hydrogens (tertiary/aromatic N) is 3. The summed E-state index contributed by atoms with van der Waals surface area (Å²) in [4.78, 5) is 15.3. The van der Waals surface area contributed by atoms with E-state index in [2.05, 4.69) is 46.5 Å². The van der Waals surface area contributed by atoms with Crippen LogP contribution in [0, 0.1) is 0 Å². The lowest BCUT2D eigenvalue weighted by molar-refractivity contribution is 0.0924. The first kappa shape index (κ1) is 19.6. The van der Waals surface area contributed by atoms with E-state index in [-0.39, 0.29) is 11.9 Å². The summed E-state index contributed by atoms with van der Waals surface area (Å²) in [5.74, 6) is -0.0388. The maximum atomic E-state index is 12.8. The van der Waals surface area contributed by atoms with Crippen molar-refractivity contribution in [3.63, 3.8) is 0 Å². The molecule has 0 spiro atoms. The molecule has 1 N–H and O–H groups in total. The summed E-state index contributed by atoms with van der Waals surface area (Å²) in [5, 5.41) is 7.62. The average Bonchev–Trinajstić information content (AvgIpc) is 2.87. The minimum atomic E-state index is -0.0388. The van der Waals surface area contributed by atoms with Crippen LogP contribution in [0.3, 0.4) is 0 Å². The van der Waals surface area contributed by atoms with Crippen molar-refractivity contribution in [2.24, 2.45) is 7.05 Å². The normalized spacial score (nSPS) is 16.7. The molecule has 1 aromatic carbocycles. The van der Waals surface area contributed by atoms with Gasteiger partial charge >= 0.3 is 0 Å². The van der Waals surface area contributed by atoms with Crippen molar-refractivity contribution in [2.75, 3.05) is 19.6 Å². The monoisotopic (exact) mass is 368 g/mol. The van der Waals surface area contributed by atoms with Crippen molar-refractivity contribution in [1.82, 2.24) is 20.0 Å². The van der Waals surface area contributed by atoms with Crippen LogP contribution in [0.4, 0.5) is 0 Å². The number of carbonyl (C=O) groups excluding carboxylic acids is 1. The van der Waals surface area contributed by atoms with Gasteiger partial charge in [0.1, 0.15) is 5.69 Å². The molecule has 2 heterocycles. The zero-order valence-electron chi connectivity index (χ0n) is 16.7. The van der Waals surface area contributed by atoms with Gasteiger partial charge in [0.15, 0.2) is 0 Å². The van der Waals surface area contributed by atoms with E-state index in [9.17, 15) is 4.79 Å². The summed E-state index contributed by atoms with van der Waals surface area (Å²) in [6.07, 6.45) is 7.02. The van der Waals surface area contributed by atoms with E-state index in [0.717, 1.165) is 31.6 Å². The van der Waals surface area contributed by atoms with Crippen molar-refractivity contribution < 1.29 is 4.79 Å². The molecule has 27 heavy (non-hydrogen) atoms. The van der Waals surface area contributed by atoms with Gasteiger partial charge in [0.2, 0.25) is 0 Å². The minimum absolute atomic E-state index is 0.0388. The fourth-order valence-corrected chi connectivity index (χ4v) is 3.94. The zero-order chi connectivity index (χ0) is 19.1. The van der Waals surface area contributed by atoms with Crippen molar-refractivity contribution in [1.29, 1.82) is 0 Å². The number of aromatic nitrogens is 2. The maximum Gasteiger partial charge on any atom is 0.269 e. The molecule has 1 amide bonds. The van der Waals surface area contributed by atoms with Crippen molar-refractivity contribution in [2.45, 2.75) is 51.5 Å². The second kappa shape index (κ2) is 9.70. The highest BCUT2D eigenvalue weighted by molar-refractivity contribution is 5.92. The van der Waals surface area contributed by atoms with Crippen LogP contribution in [-0.2, 0) is 13.5 Å². The number of hydrogen-bond donors (Lipinski definition) is 1. The molecular weight excluding hydrogens is 336 g/mol. The van der Waals surface area contributed by atoms with Crippen LogP contribution in [0.2, 0.25) is 0 Å². The highest BCUT2D eigenvalue weighted by atomic mass is 16.2. The van der Waals surface area contributed by atoms with Gasteiger partial charge in [-0.05, 0) is 44.0 Å². The summed E-state index contributed by atoms with van der Waals surface area (Å²) in [6.45, 7) is 4.95. The third-order valence-electron chi connectivity index (χ3n) is 5.39. The fraction of sp³-hybridized carbons (Fsp3) is 0.545. The number of likely N-dealkylation sites (tertiary alicyclic amines) is 1. The van der Waals surface area contributed by atoms with Crippen molar-refractivity contribution >= 4 is 5.91 Å². The number of carbonyl (C=O) groups is 1. The molecule has 3 rings (SSSR count). The lowest BCUT2D eigenvalue weighted by atomic mass is 10.0. The molecular formula is C22H32N4O. The Hall–Kier alpha value is -2.14. The second-order valence-electron chi connectivity index (χ2n) is 7.48. The van der Waals surface area contributed by atoms with Crippen molar-refractivity contribution in [3.8, 4) is 0 Å². The summed E-state index contributed by atoms with van der Waals surface area (Å²) >= 11 is 0. The minimum Gasteiger partial charge on any atom is -0.349 e. The number of nitrogens with one attached hydrogen (secondary N) is 1. The highest BCUT2D eigenvalue weighted by Crippen LogP contribution is 2.23. The van der Waals surface area contributed by atoms with Crippen LogP contribution in [0.1, 0.15) is 66.8 Å². The number of hydrogen-bond acceptors (Lipinski definition) is 3. The molecule has 1 saturated heterocycles. The van der Waals surface area contributed by atoms with Gasteiger partial charge in [0, 0.05) is 13.6 Å². The molecule has 5 nitrogen and oxygen atoms in total. The Morgan fingerprint density at radius 1 is 1.15 bits per heavy atom. The van der Waals surface area contributed by atoms with Gasteiger partial charge in [-0.1, -0.05) is 56.5 Å². The molecule has 1 aromatic heterocycles. The van der Waals surface area contributed by atoms with Crippen LogP contribution in [0.25, 0.3) is 0 Å². The first-order valence-electron chi connectivity index (χ1n) is 10.3. The van der Waals surface area contributed by atoms with E-state index in [1.165, 1.54) is 31.2 Å². The molecule has 1 aliphatic rings. The SMILES string of the molecule is CCCc1cc(C(=O)NCC(c2ccccc2)N2CCCCCC2)n(C)n1. The lowest BCUT2D eigenvalue weighted by Crippen LogP contribution is -2.39. The lowest BCUT2D eigenvalue weighted by Gasteiger charge is -2.31. The molecule has 0 radical (unpaired) electrons. The molecule has 1 unspecified atom stereocenters. The molecule has 1 fully saturated rings. The molecule has 1 aliphatic heterocycles. The molecule has 146 valence electrons. The predicted octanol–water partition coefficient (Wildman–Crippen LogP) is 3.72. The van der Waals surface area contributed by atoms with Gasteiger partial charge in [-0.15, -0.1) is 0 Å². The van der Waals surface area contributed by atoms with Crippen LogP contribution in [-0.4, -0.2) is 40.2 Å². The molecule has 5 heteroatoms. The Morgan fingerprint density at radius 2 is 1.85 bits per heavy atom.